The summed E-state index contributed by atoms with van der Waals surface area (Å²) in [7, 11) is -1.09. The number of hydrogen-bond donors (Lipinski definition) is 0. The molecule has 1 amide bonds. The Balaban J connectivity index is 1.72. The Kier molecular flexibility index (Phi) is 7.39. The molecule has 0 spiro atoms. The Morgan fingerprint density at radius 2 is 1.89 bits per heavy atom. The molecule has 1 aliphatic heterocycles. The van der Waals surface area contributed by atoms with Gasteiger partial charge in [-0.05, 0) is 61.2 Å². The molecule has 0 radical (unpaired) electrons. The fourth-order valence-electron chi connectivity index (χ4n) is 4.10. The van der Waals surface area contributed by atoms with E-state index in [1.165, 1.54) is 42.0 Å². The van der Waals surface area contributed by atoms with E-state index in [4.69, 9.17) is 9.47 Å². The number of aromatic nitrogens is 1. The van der Waals surface area contributed by atoms with Gasteiger partial charge >= 0.3 is 5.97 Å². The minimum absolute atomic E-state index is 0.0905. The summed E-state index contributed by atoms with van der Waals surface area (Å²) >= 11 is 1.29. The van der Waals surface area contributed by atoms with Gasteiger partial charge in [0.15, 0.2) is 4.80 Å². The summed E-state index contributed by atoms with van der Waals surface area (Å²) in [4.78, 5) is 30.1. The average molecular weight is 518 g/mol. The van der Waals surface area contributed by atoms with Crippen LogP contribution in [0.15, 0.2) is 52.4 Å². The summed E-state index contributed by atoms with van der Waals surface area (Å²) in [5.74, 6) is -0.484. The molecule has 186 valence electrons. The SMILES string of the molecule is CCc1ccc2c(c1)sc(=NC(=O)C1CCCN1S(=O)(=O)c1ccc(OC)cc1)n2CC(=O)OC. The minimum Gasteiger partial charge on any atom is -0.497 e. The fourth-order valence-corrected chi connectivity index (χ4v) is 6.85. The van der Waals surface area contributed by atoms with Crippen molar-refractivity contribution in [2.24, 2.45) is 4.99 Å². The van der Waals surface area contributed by atoms with E-state index in [1.807, 2.05) is 25.1 Å². The summed E-state index contributed by atoms with van der Waals surface area (Å²) < 4.78 is 40.3. The number of carbonyl (C=O) groups excluding carboxylic acids is 2. The number of hydrogen-bond acceptors (Lipinski definition) is 7. The maximum Gasteiger partial charge on any atom is 0.325 e. The van der Waals surface area contributed by atoms with Crippen LogP contribution in [0.2, 0.25) is 0 Å². The van der Waals surface area contributed by atoms with E-state index in [0.29, 0.717) is 23.4 Å². The molecule has 2 heterocycles. The van der Waals surface area contributed by atoms with Crippen LogP contribution in [0, 0.1) is 0 Å². The predicted octanol–water partition coefficient (Wildman–Crippen LogP) is 2.73. The highest BCUT2D eigenvalue weighted by Crippen LogP contribution is 2.28. The Bertz CT molecular complexity index is 1420. The van der Waals surface area contributed by atoms with Gasteiger partial charge in [0.25, 0.3) is 5.91 Å². The smallest absolute Gasteiger partial charge is 0.325 e. The summed E-state index contributed by atoms with van der Waals surface area (Å²) in [5, 5.41) is 0. The van der Waals surface area contributed by atoms with Crippen molar-refractivity contribution in [3.63, 3.8) is 0 Å². The lowest BCUT2D eigenvalue weighted by atomic mass is 10.2. The molecule has 1 atom stereocenters. The summed E-state index contributed by atoms with van der Waals surface area (Å²) in [6.45, 7) is 2.17. The molecule has 4 rings (SSSR count). The molecule has 35 heavy (non-hydrogen) atoms. The molecule has 2 aromatic carbocycles. The van der Waals surface area contributed by atoms with Gasteiger partial charge in [-0.1, -0.05) is 24.3 Å². The number of carbonyl (C=O) groups is 2. The van der Waals surface area contributed by atoms with Crippen LogP contribution in [-0.2, 0) is 37.3 Å². The number of ether oxygens (including phenoxy) is 2. The molecule has 1 aromatic heterocycles. The third-order valence-corrected chi connectivity index (χ3v) is 8.99. The zero-order chi connectivity index (χ0) is 25.2. The van der Waals surface area contributed by atoms with Gasteiger partial charge in [-0.3, -0.25) is 9.59 Å². The molecular weight excluding hydrogens is 490 g/mol. The van der Waals surface area contributed by atoms with Crippen LogP contribution in [0.1, 0.15) is 25.3 Å². The Hall–Kier alpha value is -3.02. The molecule has 0 aliphatic carbocycles. The first-order chi connectivity index (χ1) is 16.8. The van der Waals surface area contributed by atoms with Crippen molar-refractivity contribution in [3.05, 3.63) is 52.8 Å². The molecular formula is C24H27N3O6S2. The van der Waals surface area contributed by atoms with Crippen molar-refractivity contribution < 1.29 is 27.5 Å². The predicted molar refractivity (Wildman–Crippen MR) is 132 cm³/mol. The number of esters is 1. The van der Waals surface area contributed by atoms with E-state index in [0.717, 1.165) is 22.2 Å². The number of nitrogens with zero attached hydrogens (tertiary/aromatic N) is 3. The second kappa shape index (κ2) is 10.3. The molecule has 1 unspecified atom stereocenters. The summed E-state index contributed by atoms with van der Waals surface area (Å²) in [6, 6.07) is 11.0. The van der Waals surface area contributed by atoms with Gasteiger partial charge in [-0.2, -0.15) is 9.30 Å². The van der Waals surface area contributed by atoms with E-state index in [-0.39, 0.29) is 18.0 Å². The van der Waals surface area contributed by atoms with E-state index in [9.17, 15) is 18.0 Å². The van der Waals surface area contributed by atoms with E-state index in [2.05, 4.69) is 4.99 Å². The van der Waals surface area contributed by atoms with Crippen LogP contribution in [0.4, 0.5) is 0 Å². The quantitative estimate of drug-likeness (QED) is 0.446. The van der Waals surface area contributed by atoms with Gasteiger partial charge in [-0.25, -0.2) is 8.42 Å². The van der Waals surface area contributed by atoms with Gasteiger partial charge in [0, 0.05) is 6.54 Å². The molecule has 1 fully saturated rings. The van der Waals surface area contributed by atoms with Crippen LogP contribution >= 0.6 is 11.3 Å². The van der Waals surface area contributed by atoms with Gasteiger partial charge in [0.1, 0.15) is 18.3 Å². The van der Waals surface area contributed by atoms with Crippen LogP contribution < -0.4 is 9.54 Å². The van der Waals surface area contributed by atoms with Crippen molar-refractivity contribution in [3.8, 4) is 5.75 Å². The third kappa shape index (κ3) is 5.02. The van der Waals surface area contributed by atoms with Crippen molar-refractivity contribution in [2.45, 2.75) is 43.7 Å². The molecule has 11 heteroatoms. The molecule has 0 N–H and O–H groups in total. The number of aryl methyl sites for hydroxylation is 1. The third-order valence-electron chi connectivity index (χ3n) is 6.03. The van der Waals surface area contributed by atoms with Crippen LogP contribution in [-0.4, -0.2) is 56.0 Å². The standard InChI is InChI=1S/C24H27N3O6S2/c1-4-16-7-12-19-21(14-16)34-24(26(19)15-22(28)33-3)25-23(29)20-6-5-13-27(20)35(30,31)18-10-8-17(32-2)9-11-18/h7-12,14,20H,4-6,13,15H2,1-3H3. The first-order valence-corrected chi connectivity index (χ1v) is 13.5. The normalized spacial score (nSPS) is 17.1. The van der Waals surface area contributed by atoms with Gasteiger partial charge < -0.3 is 14.0 Å². The Morgan fingerprint density at radius 1 is 1.14 bits per heavy atom. The van der Waals surface area contributed by atoms with Crippen LogP contribution in [0.25, 0.3) is 10.2 Å². The number of amides is 1. The second-order valence-electron chi connectivity index (χ2n) is 8.10. The average Bonchev–Trinajstić information content (AvgIpc) is 3.49. The topological polar surface area (TPSA) is 107 Å². The highest BCUT2D eigenvalue weighted by Gasteiger charge is 2.39. The van der Waals surface area contributed by atoms with Crippen LogP contribution in [0.3, 0.4) is 0 Å². The van der Waals surface area contributed by atoms with Gasteiger partial charge in [0.05, 0.1) is 29.3 Å². The molecule has 1 aliphatic rings. The number of fused-ring (bicyclic) bond motifs is 1. The van der Waals surface area contributed by atoms with Crippen molar-refractivity contribution in [1.82, 2.24) is 8.87 Å². The molecule has 0 bridgehead atoms. The van der Waals surface area contributed by atoms with E-state index in [1.54, 1.807) is 16.7 Å². The van der Waals surface area contributed by atoms with Crippen molar-refractivity contribution in [2.75, 3.05) is 20.8 Å². The van der Waals surface area contributed by atoms with Gasteiger partial charge in [-0.15, -0.1) is 0 Å². The van der Waals surface area contributed by atoms with Gasteiger partial charge in [0.2, 0.25) is 10.0 Å². The lowest BCUT2D eigenvalue weighted by Crippen LogP contribution is -2.40. The maximum atomic E-state index is 13.3. The number of rotatable bonds is 7. The first-order valence-electron chi connectivity index (χ1n) is 11.2. The molecule has 0 saturated carbocycles. The lowest BCUT2D eigenvalue weighted by molar-refractivity contribution is -0.141. The zero-order valence-electron chi connectivity index (χ0n) is 19.8. The highest BCUT2D eigenvalue weighted by atomic mass is 32.2. The summed E-state index contributed by atoms with van der Waals surface area (Å²) in [5.41, 5.74) is 1.88. The van der Waals surface area contributed by atoms with Crippen molar-refractivity contribution in [1.29, 1.82) is 0 Å². The summed E-state index contributed by atoms with van der Waals surface area (Å²) in [6.07, 6.45) is 1.77. The number of methoxy groups -OCH3 is 2. The van der Waals surface area contributed by atoms with E-state index >= 15 is 0 Å². The molecule has 9 nitrogen and oxygen atoms in total. The zero-order valence-corrected chi connectivity index (χ0v) is 21.4. The number of sulfonamides is 1. The van der Waals surface area contributed by atoms with E-state index < -0.39 is 27.9 Å². The maximum absolute atomic E-state index is 13.3. The number of thiazole rings is 1. The molecule has 1 saturated heterocycles. The van der Waals surface area contributed by atoms with Crippen molar-refractivity contribution >= 4 is 43.5 Å². The Labute approximate surface area is 207 Å². The number of benzene rings is 2. The second-order valence-corrected chi connectivity index (χ2v) is 11.0. The van der Waals surface area contributed by atoms with Crippen LogP contribution in [0.5, 0.6) is 5.75 Å². The molecule has 3 aromatic rings. The lowest BCUT2D eigenvalue weighted by Gasteiger charge is -2.21. The fraction of sp³-hybridized carbons (Fsp3) is 0.375. The highest BCUT2D eigenvalue weighted by molar-refractivity contribution is 7.89. The largest absolute Gasteiger partial charge is 0.497 e. The minimum atomic E-state index is -3.90. The first kappa shape index (κ1) is 25.1. The Morgan fingerprint density at radius 3 is 2.54 bits per heavy atom. The monoisotopic (exact) mass is 517 g/mol.